The summed E-state index contributed by atoms with van der Waals surface area (Å²) in [6.07, 6.45) is 0.923. The van der Waals surface area contributed by atoms with Crippen molar-refractivity contribution in [1.82, 2.24) is 14.8 Å². The minimum Gasteiger partial charge on any atom is -0.357 e. The number of aryl methyl sites for hydroxylation is 1. The maximum absolute atomic E-state index is 13.0. The van der Waals surface area contributed by atoms with Crippen LogP contribution in [0.15, 0.2) is 30.6 Å². The van der Waals surface area contributed by atoms with Crippen LogP contribution in [0.2, 0.25) is 0 Å². The number of nitrogens with zero attached hydrogens (tertiary/aromatic N) is 2. The van der Waals surface area contributed by atoms with E-state index in [4.69, 9.17) is 0 Å². The van der Waals surface area contributed by atoms with Crippen LogP contribution in [0.1, 0.15) is 11.6 Å². The van der Waals surface area contributed by atoms with Crippen molar-refractivity contribution in [3.8, 4) is 0 Å². The smallest absolute Gasteiger partial charge is 0.357 e. The van der Waals surface area contributed by atoms with E-state index in [9.17, 15) is 18.0 Å². The molecule has 1 atom stereocenters. The molecule has 1 heterocycles. The number of nitrogens with one attached hydrogen (secondary N) is 1. The summed E-state index contributed by atoms with van der Waals surface area (Å²) in [5, 5.41) is 1.98. The van der Waals surface area contributed by atoms with Crippen molar-refractivity contribution < 1.29 is 18.0 Å². The first-order chi connectivity index (χ1) is 9.20. The minimum atomic E-state index is -4.54. The van der Waals surface area contributed by atoms with Gasteiger partial charge in [-0.05, 0) is 20.2 Å². The summed E-state index contributed by atoms with van der Waals surface area (Å²) >= 11 is 0. The van der Waals surface area contributed by atoms with Gasteiger partial charge in [-0.1, -0.05) is 6.08 Å². The average molecular weight is 289 g/mol. The minimum absolute atomic E-state index is 0.00867. The first kappa shape index (κ1) is 16.3. The zero-order valence-electron chi connectivity index (χ0n) is 11.6. The molecule has 0 saturated carbocycles. The maximum Gasteiger partial charge on any atom is 0.412 e. The molecule has 0 fully saturated rings. The van der Waals surface area contributed by atoms with E-state index in [2.05, 4.69) is 0 Å². The second-order valence-electron chi connectivity index (χ2n) is 4.76. The largest absolute Gasteiger partial charge is 0.412 e. The predicted octanol–water partition coefficient (Wildman–Crippen LogP) is 1.86. The molecule has 0 bridgehead atoms. The lowest BCUT2D eigenvalue weighted by atomic mass is 10.1. The fourth-order valence-electron chi connectivity index (χ4n) is 1.61. The van der Waals surface area contributed by atoms with Crippen LogP contribution in [0.5, 0.6) is 0 Å². The van der Waals surface area contributed by atoms with Gasteiger partial charge in [0.2, 0.25) is 5.91 Å². The van der Waals surface area contributed by atoms with E-state index < -0.39 is 18.1 Å². The first-order valence-electron chi connectivity index (χ1n) is 6.00. The lowest BCUT2D eigenvalue weighted by Gasteiger charge is -2.20. The van der Waals surface area contributed by atoms with Gasteiger partial charge < -0.3 is 14.8 Å². The second-order valence-corrected chi connectivity index (χ2v) is 4.76. The molecule has 0 aromatic carbocycles. The Morgan fingerprint density at radius 1 is 1.50 bits per heavy atom. The van der Waals surface area contributed by atoms with E-state index in [1.165, 1.54) is 29.1 Å². The van der Waals surface area contributed by atoms with Gasteiger partial charge in [-0.25, -0.2) is 0 Å². The Kier molecular flexibility index (Phi) is 5.38. The van der Waals surface area contributed by atoms with Gasteiger partial charge in [0.25, 0.3) is 0 Å². The molecular formula is C13H18F3N3O. The normalized spacial score (nSPS) is 13.9. The molecule has 0 spiro atoms. The quantitative estimate of drug-likeness (QED) is 0.840. The molecule has 1 aromatic heterocycles. The van der Waals surface area contributed by atoms with Gasteiger partial charge in [-0.3, -0.25) is 4.79 Å². The molecule has 0 aliphatic heterocycles. The highest BCUT2D eigenvalue weighted by atomic mass is 19.4. The van der Waals surface area contributed by atoms with Crippen LogP contribution < -0.4 is 5.32 Å². The average Bonchev–Trinajstić information content (AvgIpc) is 2.70. The van der Waals surface area contributed by atoms with Crippen molar-refractivity contribution in [2.75, 3.05) is 20.6 Å². The SMILES string of the molecule is CN(C)C/C=C/C(=O)NC(c1ccn(C)c1)C(F)(F)F. The molecule has 7 heteroatoms. The van der Waals surface area contributed by atoms with Crippen LogP contribution in [0, 0.1) is 0 Å². The Balaban J connectivity index is 2.77. The molecule has 1 amide bonds. The van der Waals surface area contributed by atoms with Gasteiger partial charge in [0.05, 0.1) is 0 Å². The number of halogens is 3. The number of hydrogen-bond acceptors (Lipinski definition) is 2. The van der Waals surface area contributed by atoms with Crippen LogP contribution in [0.25, 0.3) is 0 Å². The fourth-order valence-corrected chi connectivity index (χ4v) is 1.61. The predicted molar refractivity (Wildman–Crippen MR) is 70.0 cm³/mol. The van der Waals surface area contributed by atoms with Gasteiger partial charge in [0, 0.05) is 37.6 Å². The lowest BCUT2D eigenvalue weighted by Crippen LogP contribution is -2.37. The van der Waals surface area contributed by atoms with E-state index in [0.717, 1.165) is 6.08 Å². The van der Waals surface area contributed by atoms with Gasteiger partial charge in [0.1, 0.15) is 0 Å². The van der Waals surface area contributed by atoms with Crippen molar-refractivity contribution in [2.45, 2.75) is 12.2 Å². The highest BCUT2D eigenvalue weighted by Gasteiger charge is 2.41. The third-order valence-electron chi connectivity index (χ3n) is 2.54. The molecule has 0 aliphatic rings. The molecule has 1 N–H and O–H groups in total. The Labute approximate surface area is 115 Å². The number of aromatic nitrogens is 1. The fraction of sp³-hybridized carbons (Fsp3) is 0.462. The summed E-state index contributed by atoms with van der Waals surface area (Å²) in [7, 11) is 5.21. The Hall–Kier alpha value is -1.76. The maximum atomic E-state index is 13.0. The highest BCUT2D eigenvalue weighted by molar-refractivity contribution is 5.87. The zero-order valence-corrected chi connectivity index (χ0v) is 11.6. The van der Waals surface area contributed by atoms with Crippen molar-refractivity contribution >= 4 is 5.91 Å². The van der Waals surface area contributed by atoms with Crippen LogP contribution in [0.3, 0.4) is 0 Å². The third-order valence-corrected chi connectivity index (χ3v) is 2.54. The number of alkyl halides is 3. The second kappa shape index (κ2) is 6.60. The molecule has 1 rings (SSSR count). The summed E-state index contributed by atoms with van der Waals surface area (Å²) < 4.78 is 40.4. The summed E-state index contributed by atoms with van der Waals surface area (Å²) in [6, 6.07) is -0.665. The third kappa shape index (κ3) is 5.08. The van der Waals surface area contributed by atoms with Gasteiger partial charge in [-0.15, -0.1) is 0 Å². The lowest BCUT2D eigenvalue weighted by molar-refractivity contribution is -0.162. The Bertz CT molecular complexity index is 477. The van der Waals surface area contributed by atoms with Gasteiger partial charge in [0.15, 0.2) is 6.04 Å². The van der Waals surface area contributed by atoms with E-state index >= 15 is 0 Å². The molecule has 1 aromatic rings. The molecule has 4 nitrogen and oxygen atoms in total. The molecule has 1 unspecified atom stereocenters. The van der Waals surface area contributed by atoms with E-state index in [1.807, 2.05) is 5.32 Å². The van der Waals surface area contributed by atoms with Crippen LogP contribution >= 0.6 is 0 Å². The van der Waals surface area contributed by atoms with E-state index in [0.29, 0.717) is 6.54 Å². The number of hydrogen-bond donors (Lipinski definition) is 1. The van der Waals surface area contributed by atoms with Crippen LogP contribution in [-0.2, 0) is 11.8 Å². The summed E-state index contributed by atoms with van der Waals surface area (Å²) in [5.41, 5.74) is 0.00867. The van der Waals surface area contributed by atoms with Crippen LogP contribution in [-0.4, -0.2) is 42.2 Å². The number of carbonyl (C=O) groups excluding carboxylic acids is 1. The number of amides is 1. The van der Waals surface area contributed by atoms with E-state index in [-0.39, 0.29) is 5.56 Å². The zero-order chi connectivity index (χ0) is 15.3. The molecule has 0 saturated heterocycles. The van der Waals surface area contributed by atoms with Crippen molar-refractivity contribution in [2.24, 2.45) is 7.05 Å². The van der Waals surface area contributed by atoms with Crippen molar-refractivity contribution in [3.63, 3.8) is 0 Å². The van der Waals surface area contributed by atoms with Crippen molar-refractivity contribution in [1.29, 1.82) is 0 Å². The van der Waals surface area contributed by atoms with Gasteiger partial charge >= 0.3 is 6.18 Å². The molecule has 112 valence electrons. The summed E-state index contributed by atoms with van der Waals surface area (Å²) in [4.78, 5) is 13.3. The van der Waals surface area contributed by atoms with E-state index in [1.54, 1.807) is 26.0 Å². The summed E-state index contributed by atoms with van der Waals surface area (Å²) in [6.45, 7) is 0.482. The molecular weight excluding hydrogens is 271 g/mol. The van der Waals surface area contributed by atoms with Crippen LogP contribution in [0.4, 0.5) is 13.2 Å². The monoisotopic (exact) mass is 289 g/mol. The first-order valence-corrected chi connectivity index (χ1v) is 6.00. The van der Waals surface area contributed by atoms with Gasteiger partial charge in [-0.2, -0.15) is 13.2 Å². The standard InChI is InChI=1S/C13H18F3N3O/c1-18(2)7-4-5-11(20)17-12(13(14,15)16)10-6-8-19(3)9-10/h4-6,8-9,12H,7H2,1-3H3,(H,17,20)/b5-4+. The Morgan fingerprint density at radius 2 is 2.15 bits per heavy atom. The molecule has 0 radical (unpaired) electrons. The summed E-state index contributed by atoms with van der Waals surface area (Å²) in [5.74, 6) is -0.766. The number of likely N-dealkylation sites (N-methyl/N-ethyl adjacent to an activating group) is 1. The number of carbonyl (C=O) groups is 1. The Morgan fingerprint density at radius 3 is 2.60 bits per heavy atom. The molecule has 0 aliphatic carbocycles. The van der Waals surface area contributed by atoms with Crippen molar-refractivity contribution in [3.05, 3.63) is 36.2 Å². The highest BCUT2D eigenvalue weighted by Crippen LogP contribution is 2.32. The molecule has 20 heavy (non-hydrogen) atoms. The number of rotatable bonds is 5. The topological polar surface area (TPSA) is 37.3 Å².